The van der Waals surface area contributed by atoms with E-state index in [1.807, 2.05) is 6.20 Å². The minimum Gasteiger partial charge on any atom is -0.374 e. The molecule has 1 unspecified atom stereocenters. The topological polar surface area (TPSA) is 65.0 Å². The van der Waals surface area contributed by atoms with Gasteiger partial charge in [0.1, 0.15) is 5.82 Å². The SMILES string of the molecule is CN=C(NCc1ccc(N2CCCC2)nc1)NCC1CN(CC(C)C)CCO1.I. The van der Waals surface area contributed by atoms with Crippen LogP contribution in [-0.4, -0.2) is 74.9 Å². The fourth-order valence-corrected chi connectivity index (χ4v) is 3.86. The van der Waals surface area contributed by atoms with Crippen LogP contribution in [0, 0.1) is 5.92 Å². The molecule has 3 heterocycles. The molecule has 2 fully saturated rings. The highest BCUT2D eigenvalue weighted by Gasteiger charge is 2.21. The molecule has 3 rings (SSSR count). The van der Waals surface area contributed by atoms with Gasteiger partial charge in [0, 0.05) is 59.1 Å². The summed E-state index contributed by atoms with van der Waals surface area (Å²) in [5, 5.41) is 6.77. The van der Waals surface area contributed by atoms with Crippen molar-refractivity contribution in [3.8, 4) is 0 Å². The van der Waals surface area contributed by atoms with Crippen molar-refractivity contribution in [3.63, 3.8) is 0 Å². The number of aliphatic imine (C=N–C) groups is 1. The van der Waals surface area contributed by atoms with Crippen LogP contribution in [0.15, 0.2) is 23.3 Å². The van der Waals surface area contributed by atoms with Crippen LogP contribution in [-0.2, 0) is 11.3 Å². The Morgan fingerprint density at radius 3 is 2.69 bits per heavy atom. The van der Waals surface area contributed by atoms with Crippen molar-refractivity contribution in [2.24, 2.45) is 10.9 Å². The summed E-state index contributed by atoms with van der Waals surface area (Å²) in [6, 6.07) is 4.27. The average Bonchev–Trinajstić information content (AvgIpc) is 3.23. The Balaban J connectivity index is 0.00000300. The maximum atomic E-state index is 5.91. The Bertz CT molecular complexity index is 618. The molecule has 2 aliphatic rings. The van der Waals surface area contributed by atoms with Crippen LogP contribution < -0.4 is 15.5 Å². The van der Waals surface area contributed by atoms with Crippen LogP contribution in [0.5, 0.6) is 0 Å². The van der Waals surface area contributed by atoms with Crippen LogP contribution in [0.25, 0.3) is 0 Å². The number of rotatable bonds is 7. The van der Waals surface area contributed by atoms with Gasteiger partial charge in [-0.25, -0.2) is 4.98 Å². The molecule has 1 aromatic rings. The minimum atomic E-state index is 0. The molecule has 1 aromatic heterocycles. The van der Waals surface area contributed by atoms with Gasteiger partial charge in [0.2, 0.25) is 0 Å². The van der Waals surface area contributed by atoms with Crippen molar-refractivity contribution in [2.45, 2.75) is 39.3 Å². The quantitative estimate of drug-likeness (QED) is 0.330. The molecular formula is C21H37IN6O. The number of aromatic nitrogens is 1. The lowest BCUT2D eigenvalue weighted by atomic mass is 10.2. The third-order valence-electron chi connectivity index (χ3n) is 5.27. The van der Waals surface area contributed by atoms with E-state index in [-0.39, 0.29) is 30.1 Å². The van der Waals surface area contributed by atoms with Gasteiger partial charge in [-0.15, -0.1) is 24.0 Å². The van der Waals surface area contributed by atoms with Gasteiger partial charge in [0.25, 0.3) is 0 Å². The first kappa shape index (κ1) is 24.1. The van der Waals surface area contributed by atoms with Gasteiger partial charge < -0.3 is 20.3 Å². The number of halogens is 1. The lowest BCUT2D eigenvalue weighted by molar-refractivity contribution is -0.0284. The van der Waals surface area contributed by atoms with Crippen molar-refractivity contribution in [3.05, 3.63) is 23.9 Å². The predicted molar refractivity (Wildman–Crippen MR) is 130 cm³/mol. The average molecular weight is 516 g/mol. The fraction of sp³-hybridized carbons (Fsp3) is 0.714. The van der Waals surface area contributed by atoms with Crippen molar-refractivity contribution in [1.29, 1.82) is 0 Å². The van der Waals surface area contributed by atoms with Crippen molar-refractivity contribution in [1.82, 2.24) is 20.5 Å². The maximum absolute atomic E-state index is 5.91. The molecular weight excluding hydrogens is 479 g/mol. The Kier molecular flexibility index (Phi) is 10.4. The number of morpholine rings is 1. The molecule has 0 aromatic carbocycles. The van der Waals surface area contributed by atoms with E-state index in [0.717, 1.165) is 63.2 Å². The molecule has 2 aliphatic heterocycles. The molecule has 8 heteroatoms. The Labute approximate surface area is 192 Å². The molecule has 0 spiro atoms. The van der Waals surface area contributed by atoms with Crippen LogP contribution >= 0.6 is 24.0 Å². The zero-order valence-corrected chi connectivity index (χ0v) is 20.4. The number of hydrogen-bond donors (Lipinski definition) is 2. The molecule has 0 radical (unpaired) electrons. The molecule has 0 aliphatic carbocycles. The lowest BCUT2D eigenvalue weighted by Crippen LogP contribution is -2.50. The number of hydrogen-bond acceptors (Lipinski definition) is 5. The highest BCUT2D eigenvalue weighted by Crippen LogP contribution is 2.17. The number of nitrogens with one attached hydrogen (secondary N) is 2. The summed E-state index contributed by atoms with van der Waals surface area (Å²) < 4.78 is 5.91. The predicted octanol–water partition coefficient (Wildman–Crippen LogP) is 2.32. The second-order valence-electron chi connectivity index (χ2n) is 8.17. The molecule has 29 heavy (non-hydrogen) atoms. The smallest absolute Gasteiger partial charge is 0.191 e. The second-order valence-corrected chi connectivity index (χ2v) is 8.17. The summed E-state index contributed by atoms with van der Waals surface area (Å²) in [5.74, 6) is 2.57. The molecule has 0 bridgehead atoms. The van der Waals surface area contributed by atoms with Crippen LogP contribution in [0.3, 0.4) is 0 Å². The number of nitrogens with zero attached hydrogens (tertiary/aromatic N) is 4. The van der Waals surface area contributed by atoms with E-state index in [4.69, 9.17) is 4.74 Å². The van der Waals surface area contributed by atoms with Gasteiger partial charge in [-0.05, 0) is 30.4 Å². The minimum absolute atomic E-state index is 0. The zero-order valence-electron chi connectivity index (χ0n) is 18.1. The van der Waals surface area contributed by atoms with E-state index >= 15 is 0 Å². The van der Waals surface area contributed by atoms with E-state index in [9.17, 15) is 0 Å². The first-order valence-corrected chi connectivity index (χ1v) is 10.6. The molecule has 7 nitrogen and oxygen atoms in total. The lowest BCUT2D eigenvalue weighted by Gasteiger charge is -2.34. The Morgan fingerprint density at radius 1 is 1.24 bits per heavy atom. The normalized spacial score (nSPS) is 20.6. The second kappa shape index (κ2) is 12.5. The highest BCUT2D eigenvalue weighted by molar-refractivity contribution is 14.0. The summed E-state index contributed by atoms with van der Waals surface area (Å²) in [7, 11) is 1.80. The molecule has 2 N–H and O–H groups in total. The first-order valence-electron chi connectivity index (χ1n) is 10.6. The summed E-state index contributed by atoms with van der Waals surface area (Å²) in [6.45, 7) is 12.2. The number of pyridine rings is 1. The van der Waals surface area contributed by atoms with Gasteiger partial charge in [-0.3, -0.25) is 9.89 Å². The van der Waals surface area contributed by atoms with E-state index in [1.165, 1.54) is 12.8 Å². The van der Waals surface area contributed by atoms with E-state index in [2.05, 4.69) is 56.4 Å². The van der Waals surface area contributed by atoms with E-state index in [0.29, 0.717) is 12.5 Å². The summed E-state index contributed by atoms with van der Waals surface area (Å²) in [6.07, 6.45) is 4.70. The third kappa shape index (κ3) is 7.90. The van der Waals surface area contributed by atoms with Gasteiger partial charge in [-0.1, -0.05) is 19.9 Å². The van der Waals surface area contributed by atoms with E-state index < -0.39 is 0 Å². The molecule has 0 saturated carbocycles. The van der Waals surface area contributed by atoms with Crippen LogP contribution in [0.2, 0.25) is 0 Å². The van der Waals surface area contributed by atoms with Crippen molar-refractivity contribution < 1.29 is 4.74 Å². The summed E-state index contributed by atoms with van der Waals surface area (Å²) in [4.78, 5) is 13.8. The van der Waals surface area contributed by atoms with Crippen molar-refractivity contribution >= 4 is 35.8 Å². The largest absolute Gasteiger partial charge is 0.374 e. The number of guanidine groups is 1. The van der Waals surface area contributed by atoms with Gasteiger partial charge in [0.15, 0.2) is 5.96 Å². The van der Waals surface area contributed by atoms with Crippen molar-refractivity contribution in [2.75, 3.05) is 57.8 Å². The maximum Gasteiger partial charge on any atom is 0.191 e. The highest BCUT2D eigenvalue weighted by atomic mass is 127. The Morgan fingerprint density at radius 2 is 2.03 bits per heavy atom. The molecule has 0 amide bonds. The standard InChI is InChI=1S/C21H36N6O.HI/c1-17(2)15-26-10-11-28-19(16-26)14-25-21(22-3)24-13-18-6-7-20(23-12-18)27-8-4-5-9-27;/h6-7,12,17,19H,4-5,8-11,13-16H2,1-3H3,(H2,22,24,25);1H. The summed E-state index contributed by atoms with van der Waals surface area (Å²) in [5.41, 5.74) is 1.16. The molecule has 164 valence electrons. The van der Waals surface area contributed by atoms with Crippen LogP contribution in [0.4, 0.5) is 5.82 Å². The number of anilines is 1. The third-order valence-corrected chi connectivity index (χ3v) is 5.27. The molecule has 1 atom stereocenters. The van der Waals surface area contributed by atoms with Gasteiger partial charge in [0.05, 0.1) is 12.7 Å². The summed E-state index contributed by atoms with van der Waals surface area (Å²) >= 11 is 0. The number of ether oxygens (including phenoxy) is 1. The first-order chi connectivity index (χ1) is 13.6. The Hall–Kier alpha value is -1.13. The van der Waals surface area contributed by atoms with Gasteiger partial charge >= 0.3 is 0 Å². The fourth-order valence-electron chi connectivity index (χ4n) is 3.86. The van der Waals surface area contributed by atoms with E-state index in [1.54, 1.807) is 7.05 Å². The molecule has 2 saturated heterocycles. The van der Waals surface area contributed by atoms with Crippen LogP contribution in [0.1, 0.15) is 32.3 Å². The van der Waals surface area contributed by atoms with Gasteiger partial charge in [-0.2, -0.15) is 0 Å². The monoisotopic (exact) mass is 516 g/mol. The zero-order chi connectivity index (χ0) is 19.8.